The fourth-order valence-corrected chi connectivity index (χ4v) is 3.71. The van der Waals surface area contributed by atoms with Crippen molar-refractivity contribution in [3.63, 3.8) is 0 Å². The van der Waals surface area contributed by atoms with Crippen LogP contribution in [0, 0.1) is 13.8 Å². The van der Waals surface area contributed by atoms with Crippen molar-refractivity contribution in [1.82, 2.24) is 20.2 Å². The zero-order valence-corrected chi connectivity index (χ0v) is 15.9. The maximum Gasteiger partial charge on any atom is 0.260 e. The van der Waals surface area contributed by atoms with Gasteiger partial charge in [-0.05, 0) is 39.2 Å². The summed E-state index contributed by atoms with van der Waals surface area (Å²) in [6.45, 7) is 4.11. The minimum Gasteiger partial charge on any atom is -0.360 e. The highest BCUT2D eigenvalue weighted by atomic mass is 35.5. The summed E-state index contributed by atoms with van der Waals surface area (Å²) in [5.41, 5.74) is 1.54. The van der Waals surface area contributed by atoms with Gasteiger partial charge in [-0.15, -0.1) is 0 Å². The second-order valence-corrected chi connectivity index (χ2v) is 7.04. The molecule has 1 atom stereocenters. The van der Waals surface area contributed by atoms with Crippen molar-refractivity contribution in [3.05, 3.63) is 52.3 Å². The molecule has 7 nitrogen and oxygen atoms in total. The van der Waals surface area contributed by atoms with Crippen LogP contribution in [0.5, 0.6) is 0 Å². The van der Waals surface area contributed by atoms with Crippen LogP contribution in [0.1, 0.15) is 53.1 Å². The van der Waals surface area contributed by atoms with E-state index in [1.54, 1.807) is 24.8 Å². The van der Waals surface area contributed by atoms with Gasteiger partial charge in [0.05, 0.1) is 5.02 Å². The van der Waals surface area contributed by atoms with Crippen molar-refractivity contribution >= 4 is 17.5 Å². The number of carbonyl (C=O) groups excluding carboxylic acids is 1. The number of amides is 1. The maximum atomic E-state index is 13.5. The Kier molecular flexibility index (Phi) is 4.70. The first kappa shape index (κ1) is 17.7. The number of hydrogen-bond donors (Lipinski definition) is 0. The van der Waals surface area contributed by atoms with E-state index in [0.717, 1.165) is 19.3 Å². The van der Waals surface area contributed by atoms with E-state index in [1.165, 1.54) is 0 Å². The second-order valence-electron chi connectivity index (χ2n) is 6.63. The Morgan fingerprint density at radius 2 is 2.00 bits per heavy atom. The first-order chi connectivity index (χ1) is 13.1. The van der Waals surface area contributed by atoms with Gasteiger partial charge in [-0.3, -0.25) is 4.79 Å². The summed E-state index contributed by atoms with van der Waals surface area (Å²) < 4.78 is 10.7. The first-order valence-corrected chi connectivity index (χ1v) is 9.26. The lowest BCUT2D eigenvalue weighted by molar-refractivity contribution is 0.0560. The van der Waals surface area contributed by atoms with E-state index < -0.39 is 0 Å². The molecule has 1 aromatic carbocycles. The molecule has 8 heteroatoms. The molecule has 3 aromatic rings. The third-order valence-corrected chi connectivity index (χ3v) is 5.13. The molecule has 0 radical (unpaired) electrons. The van der Waals surface area contributed by atoms with E-state index in [9.17, 15) is 4.79 Å². The summed E-state index contributed by atoms with van der Waals surface area (Å²) in [6, 6.07) is 7.02. The van der Waals surface area contributed by atoms with Crippen molar-refractivity contribution < 1.29 is 13.8 Å². The number of rotatable bonds is 3. The highest BCUT2D eigenvalue weighted by Gasteiger charge is 2.35. The van der Waals surface area contributed by atoms with Crippen molar-refractivity contribution in [3.8, 4) is 11.3 Å². The molecule has 0 N–H and O–H groups in total. The Hall–Kier alpha value is -2.67. The summed E-state index contributed by atoms with van der Waals surface area (Å²) in [6.07, 6.45) is 2.69. The van der Waals surface area contributed by atoms with E-state index in [1.807, 2.05) is 18.2 Å². The van der Waals surface area contributed by atoms with Gasteiger partial charge in [0.25, 0.3) is 5.91 Å². The Bertz CT molecular complexity index is 981. The third-order valence-electron chi connectivity index (χ3n) is 4.80. The number of aromatic nitrogens is 3. The zero-order chi connectivity index (χ0) is 19.0. The molecule has 140 valence electrons. The van der Waals surface area contributed by atoms with Crippen LogP contribution in [-0.2, 0) is 0 Å². The van der Waals surface area contributed by atoms with Gasteiger partial charge in [-0.2, -0.15) is 4.98 Å². The van der Waals surface area contributed by atoms with Gasteiger partial charge in [0.2, 0.25) is 5.89 Å². The van der Waals surface area contributed by atoms with E-state index in [4.69, 9.17) is 20.6 Å². The van der Waals surface area contributed by atoms with Crippen LogP contribution in [0.3, 0.4) is 0 Å². The molecule has 2 aromatic heterocycles. The summed E-state index contributed by atoms with van der Waals surface area (Å²) in [5, 5.41) is 8.49. The average molecular weight is 387 g/mol. The maximum absolute atomic E-state index is 13.5. The minimum atomic E-state index is -0.249. The van der Waals surface area contributed by atoms with Crippen molar-refractivity contribution in [2.24, 2.45) is 0 Å². The zero-order valence-electron chi connectivity index (χ0n) is 15.1. The number of aryl methyl sites for hydroxylation is 2. The lowest BCUT2D eigenvalue weighted by atomic mass is 9.99. The quantitative estimate of drug-likeness (QED) is 0.664. The van der Waals surface area contributed by atoms with Gasteiger partial charge < -0.3 is 13.9 Å². The van der Waals surface area contributed by atoms with Crippen molar-refractivity contribution in [1.29, 1.82) is 0 Å². The number of carbonyl (C=O) groups is 1. The van der Waals surface area contributed by atoms with E-state index >= 15 is 0 Å². The fraction of sp³-hybridized carbons (Fsp3) is 0.368. The standard InChI is InChI=1S/C19H19ClN4O3/c1-11-16(17(23-26-11)13-7-3-4-8-14(13)20)19(25)24-10-6-5-9-15(24)18-21-12(2)22-27-18/h3-4,7-8,15H,5-6,9-10H2,1-2H3. The van der Waals surface area contributed by atoms with Crippen LogP contribution in [0.4, 0.5) is 0 Å². The molecule has 0 bridgehead atoms. The molecule has 4 rings (SSSR count). The van der Waals surface area contributed by atoms with Gasteiger partial charge in [0, 0.05) is 12.1 Å². The Morgan fingerprint density at radius 1 is 1.19 bits per heavy atom. The van der Waals surface area contributed by atoms with Gasteiger partial charge in [0.15, 0.2) is 5.82 Å². The Morgan fingerprint density at radius 3 is 2.74 bits per heavy atom. The largest absolute Gasteiger partial charge is 0.360 e. The molecular weight excluding hydrogens is 368 g/mol. The molecule has 3 heterocycles. The monoisotopic (exact) mass is 386 g/mol. The fourth-order valence-electron chi connectivity index (χ4n) is 3.48. The minimum absolute atomic E-state index is 0.163. The van der Waals surface area contributed by atoms with E-state index in [2.05, 4.69) is 15.3 Å². The molecule has 0 aliphatic carbocycles. The number of hydrogen-bond acceptors (Lipinski definition) is 6. The number of piperidine rings is 1. The molecule has 27 heavy (non-hydrogen) atoms. The van der Waals surface area contributed by atoms with Crippen LogP contribution >= 0.6 is 11.6 Å². The first-order valence-electron chi connectivity index (χ1n) is 8.88. The van der Waals surface area contributed by atoms with Gasteiger partial charge in [-0.1, -0.05) is 40.1 Å². The van der Waals surface area contributed by atoms with Crippen LogP contribution in [0.25, 0.3) is 11.3 Å². The van der Waals surface area contributed by atoms with Crippen molar-refractivity contribution in [2.45, 2.75) is 39.2 Å². The lowest BCUT2D eigenvalue weighted by Crippen LogP contribution is -2.39. The summed E-state index contributed by atoms with van der Waals surface area (Å²) in [4.78, 5) is 19.6. The normalized spacial score (nSPS) is 17.3. The summed E-state index contributed by atoms with van der Waals surface area (Å²) >= 11 is 6.32. The molecule has 0 saturated carbocycles. The van der Waals surface area contributed by atoms with Crippen LogP contribution in [0.2, 0.25) is 5.02 Å². The Labute approximate surface area is 161 Å². The van der Waals surface area contributed by atoms with E-state index in [-0.39, 0.29) is 11.9 Å². The number of nitrogens with zero attached hydrogens (tertiary/aromatic N) is 4. The topological polar surface area (TPSA) is 85.3 Å². The van der Waals surface area contributed by atoms with Crippen LogP contribution in [0.15, 0.2) is 33.3 Å². The number of halogens is 1. The lowest BCUT2D eigenvalue weighted by Gasteiger charge is -2.33. The SMILES string of the molecule is Cc1noc(C2CCCCN2C(=O)c2c(-c3ccccc3Cl)noc2C)n1. The van der Waals surface area contributed by atoms with Crippen LogP contribution < -0.4 is 0 Å². The molecule has 1 unspecified atom stereocenters. The van der Waals surface area contributed by atoms with Gasteiger partial charge >= 0.3 is 0 Å². The molecule has 1 saturated heterocycles. The predicted molar refractivity (Wildman–Crippen MR) is 98.3 cm³/mol. The summed E-state index contributed by atoms with van der Waals surface area (Å²) in [5.74, 6) is 1.32. The van der Waals surface area contributed by atoms with E-state index in [0.29, 0.717) is 45.9 Å². The van der Waals surface area contributed by atoms with Gasteiger partial charge in [0.1, 0.15) is 23.1 Å². The number of benzene rings is 1. The summed E-state index contributed by atoms with van der Waals surface area (Å²) in [7, 11) is 0. The Balaban J connectivity index is 1.74. The molecule has 0 spiro atoms. The molecule has 1 aliphatic heterocycles. The smallest absolute Gasteiger partial charge is 0.260 e. The third kappa shape index (κ3) is 3.23. The second kappa shape index (κ2) is 7.15. The molecule has 1 amide bonds. The predicted octanol–water partition coefficient (Wildman–Crippen LogP) is 4.36. The number of likely N-dealkylation sites (tertiary alicyclic amines) is 1. The van der Waals surface area contributed by atoms with Crippen molar-refractivity contribution in [2.75, 3.05) is 6.54 Å². The average Bonchev–Trinajstić information content (AvgIpc) is 3.27. The molecule has 1 aliphatic rings. The highest BCUT2D eigenvalue weighted by Crippen LogP contribution is 2.36. The van der Waals surface area contributed by atoms with Crippen LogP contribution in [-0.4, -0.2) is 32.6 Å². The molecule has 1 fully saturated rings. The molecular formula is C19H19ClN4O3. The highest BCUT2D eigenvalue weighted by molar-refractivity contribution is 6.33. The van der Waals surface area contributed by atoms with Gasteiger partial charge in [-0.25, -0.2) is 0 Å².